The molecule has 0 fully saturated rings. The monoisotopic (exact) mass is 362 g/mol. The molecule has 0 saturated carbocycles. The van der Waals surface area contributed by atoms with Crippen LogP contribution in [0.25, 0.3) is 0 Å². The van der Waals surface area contributed by atoms with Crippen LogP contribution in [0.2, 0.25) is 0 Å². The molecule has 0 aliphatic heterocycles. The molecule has 0 atom stereocenters. The maximum absolute atomic E-state index is 12.2. The number of nitrogens with one attached hydrogen (secondary N) is 2. The normalized spacial score (nSPS) is 10.0. The molecule has 26 heavy (non-hydrogen) atoms. The standard InChI is InChI=1S/C18H22N2O6/c1-2-4-14(21)12-5-3-6-13(9-12)15(22)7-8-16(23)19-11-20-17(24)10-18(25)26/h3,5-6,9H,2,4,7-8,10-11H2,1H3,(H,19,23)(H,20,24)(H,25,26). The number of carboxylic acids is 1. The quantitative estimate of drug-likeness (QED) is 0.309. The predicted molar refractivity (Wildman–Crippen MR) is 92.7 cm³/mol. The molecule has 1 rings (SSSR count). The summed E-state index contributed by atoms with van der Waals surface area (Å²) in [4.78, 5) is 57.1. The van der Waals surface area contributed by atoms with Gasteiger partial charge in [-0.3, -0.25) is 24.0 Å². The Hall–Kier alpha value is -3.03. The van der Waals surface area contributed by atoms with Gasteiger partial charge in [0.25, 0.3) is 0 Å². The average Bonchev–Trinajstić information content (AvgIpc) is 2.59. The summed E-state index contributed by atoms with van der Waals surface area (Å²) < 4.78 is 0. The first-order valence-corrected chi connectivity index (χ1v) is 8.25. The van der Waals surface area contributed by atoms with E-state index in [4.69, 9.17) is 5.11 Å². The van der Waals surface area contributed by atoms with E-state index in [1.165, 1.54) is 6.07 Å². The van der Waals surface area contributed by atoms with Gasteiger partial charge >= 0.3 is 5.97 Å². The zero-order valence-electron chi connectivity index (χ0n) is 14.5. The highest BCUT2D eigenvalue weighted by Crippen LogP contribution is 2.11. The number of carboxylic acid groups (broad SMARTS) is 1. The fourth-order valence-corrected chi connectivity index (χ4v) is 2.14. The third-order valence-electron chi connectivity index (χ3n) is 3.45. The van der Waals surface area contributed by atoms with E-state index in [2.05, 4.69) is 10.6 Å². The molecule has 0 aromatic heterocycles. The third-order valence-corrected chi connectivity index (χ3v) is 3.45. The van der Waals surface area contributed by atoms with E-state index in [9.17, 15) is 24.0 Å². The van der Waals surface area contributed by atoms with Crippen molar-refractivity contribution in [3.8, 4) is 0 Å². The Balaban J connectivity index is 2.42. The number of benzene rings is 1. The van der Waals surface area contributed by atoms with Crippen molar-refractivity contribution in [3.05, 3.63) is 35.4 Å². The molecule has 0 radical (unpaired) electrons. The van der Waals surface area contributed by atoms with Crippen molar-refractivity contribution in [3.63, 3.8) is 0 Å². The van der Waals surface area contributed by atoms with Crippen LogP contribution in [-0.4, -0.2) is 41.1 Å². The van der Waals surface area contributed by atoms with Gasteiger partial charge in [0.05, 0.1) is 6.67 Å². The van der Waals surface area contributed by atoms with Gasteiger partial charge < -0.3 is 15.7 Å². The summed E-state index contributed by atoms with van der Waals surface area (Å²) in [6.45, 7) is 1.69. The molecule has 8 heteroatoms. The summed E-state index contributed by atoms with van der Waals surface area (Å²) in [7, 11) is 0. The van der Waals surface area contributed by atoms with E-state index in [0.717, 1.165) is 6.42 Å². The number of rotatable bonds is 11. The largest absolute Gasteiger partial charge is 0.481 e. The molecule has 0 aliphatic carbocycles. The molecule has 3 N–H and O–H groups in total. The Morgan fingerprint density at radius 1 is 0.885 bits per heavy atom. The zero-order valence-corrected chi connectivity index (χ0v) is 14.5. The molecular weight excluding hydrogens is 340 g/mol. The van der Waals surface area contributed by atoms with E-state index >= 15 is 0 Å². The minimum atomic E-state index is -1.26. The van der Waals surface area contributed by atoms with Gasteiger partial charge in [-0.15, -0.1) is 0 Å². The lowest BCUT2D eigenvalue weighted by molar-refractivity contribution is -0.140. The zero-order chi connectivity index (χ0) is 19.5. The number of hydrogen-bond donors (Lipinski definition) is 3. The second-order valence-corrected chi connectivity index (χ2v) is 5.62. The molecule has 8 nitrogen and oxygen atoms in total. The summed E-state index contributed by atoms with van der Waals surface area (Å²) >= 11 is 0. The Kier molecular flexibility index (Phi) is 8.69. The van der Waals surface area contributed by atoms with Crippen LogP contribution >= 0.6 is 0 Å². The van der Waals surface area contributed by atoms with Crippen molar-refractivity contribution in [1.29, 1.82) is 0 Å². The van der Waals surface area contributed by atoms with Gasteiger partial charge in [0.1, 0.15) is 6.42 Å². The molecule has 0 spiro atoms. The van der Waals surface area contributed by atoms with Crippen LogP contribution in [0.4, 0.5) is 0 Å². The van der Waals surface area contributed by atoms with Crippen LogP contribution in [0.15, 0.2) is 24.3 Å². The van der Waals surface area contributed by atoms with E-state index in [-0.39, 0.29) is 31.1 Å². The van der Waals surface area contributed by atoms with Crippen LogP contribution < -0.4 is 10.6 Å². The van der Waals surface area contributed by atoms with Crippen molar-refractivity contribution in [2.45, 2.75) is 39.0 Å². The number of hydrogen-bond acceptors (Lipinski definition) is 5. The summed E-state index contributed by atoms with van der Waals surface area (Å²) in [5.41, 5.74) is 0.845. The van der Waals surface area contributed by atoms with E-state index in [1.807, 2.05) is 6.92 Å². The second kappa shape index (κ2) is 10.8. The lowest BCUT2D eigenvalue weighted by Gasteiger charge is -2.07. The highest BCUT2D eigenvalue weighted by molar-refractivity contribution is 6.02. The molecule has 1 aromatic rings. The summed E-state index contributed by atoms with van der Waals surface area (Å²) in [5.74, 6) is -2.73. The van der Waals surface area contributed by atoms with Crippen LogP contribution in [0.1, 0.15) is 59.7 Å². The number of carbonyl (C=O) groups excluding carboxylic acids is 4. The molecule has 2 amide bonds. The van der Waals surface area contributed by atoms with Crippen LogP contribution in [0.5, 0.6) is 0 Å². The molecule has 0 heterocycles. The van der Waals surface area contributed by atoms with Gasteiger partial charge in [-0.1, -0.05) is 25.1 Å². The predicted octanol–water partition coefficient (Wildman–Crippen LogP) is 1.30. The Labute approximate surface area is 151 Å². The lowest BCUT2D eigenvalue weighted by atomic mass is 10.0. The van der Waals surface area contributed by atoms with Gasteiger partial charge in [0.2, 0.25) is 11.8 Å². The highest BCUT2D eigenvalue weighted by Gasteiger charge is 2.12. The lowest BCUT2D eigenvalue weighted by Crippen LogP contribution is -2.38. The first kappa shape index (κ1) is 21.0. The minimum Gasteiger partial charge on any atom is -0.481 e. The SMILES string of the molecule is CCCC(=O)c1cccc(C(=O)CCC(=O)NCNC(=O)CC(=O)O)c1. The maximum atomic E-state index is 12.2. The minimum absolute atomic E-state index is 0.0306. The summed E-state index contributed by atoms with van der Waals surface area (Å²) in [6.07, 6.45) is 0.330. The molecule has 1 aromatic carbocycles. The van der Waals surface area contributed by atoms with E-state index in [0.29, 0.717) is 17.5 Å². The molecule has 0 aliphatic rings. The summed E-state index contributed by atoms with van der Waals surface area (Å²) in [6, 6.07) is 6.41. The summed E-state index contributed by atoms with van der Waals surface area (Å²) in [5, 5.41) is 13.0. The molecule has 0 saturated heterocycles. The van der Waals surface area contributed by atoms with Crippen LogP contribution in [0.3, 0.4) is 0 Å². The van der Waals surface area contributed by atoms with Gasteiger partial charge in [0, 0.05) is 30.4 Å². The highest BCUT2D eigenvalue weighted by atomic mass is 16.4. The van der Waals surface area contributed by atoms with Crippen LogP contribution in [-0.2, 0) is 14.4 Å². The third kappa shape index (κ3) is 7.69. The number of carbonyl (C=O) groups is 5. The van der Waals surface area contributed by atoms with Crippen molar-refractivity contribution < 1.29 is 29.1 Å². The number of Topliss-reactive ketones (excluding diaryl/α,β-unsaturated/α-hetero) is 2. The molecule has 0 bridgehead atoms. The fraction of sp³-hybridized carbons (Fsp3) is 0.389. The Bertz CT molecular complexity index is 699. The van der Waals surface area contributed by atoms with Crippen molar-refractivity contribution in [2.24, 2.45) is 0 Å². The number of amides is 2. The molecule has 140 valence electrons. The van der Waals surface area contributed by atoms with Gasteiger partial charge in [0.15, 0.2) is 11.6 Å². The Morgan fingerprint density at radius 3 is 2.04 bits per heavy atom. The first-order valence-electron chi connectivity index (χ1n) is 8.25. The van der Waals surface area contributed by atoms with Crippen LogP contribution in [0, 0.1) is 0 Å². The fourth-order valence-electron chi connectivity index (χ4n) is 2.14. The van der Waals surface area contributed by atoms with Crippen molar-refractivity contribution in [2.75, 3.05) is 6.67 Å². The number of ketones is 2. The Morgan fingerprint density at radius 2 is 1.46 bits per heavy atom. The van der Waals surface area contributed by atoms with E-state index in [1.54, 1.807) is 18.2 Å². The average molecular weight is 362 g/mol. The van der Waals surface area contributed by atoms with Gasteiger partial charge in [-0.25, -0.2) is 0 Å². The van der Waals surface area contributed by atoms with Gasteiger partial charge in [-0.2, -0.15) is 0 Å². The number of aliphatic carboxylic acids is 1. The van der Waals surface area contributed by atoms with Crippen molar-refractivity contribution >= 4 is 29.4 Å². The van der Waals surface area contributed by atoms with Gasteiger partial charge in [-0.05, 0) is 12.5 Å². The van der Waals surface area contributed by atoms with Crippen molar-refractivity contribution in [1.82, 2.24) is 10.6 Å². The topological polar surface area (TPSA) is 130 Å². The van der Waals surface area contributed by atoms with E-state index < -0.39 is 24.2 Å². The molecule has 0 unspecified atom stereocenters. The first-order chi connectivity index (χ1) is 12.3. The smallest absolute Gasteiger partial charge is 0.312 e. The molecular formula is C18H22N2O6. The second-order valence-electron chi connectivity index (χ2n) is 5.62. The maximum Gasteiger partial charge on any atom is 0.312 e.